The van der Waals surface area contributed by atoms with E-state index >= 15 is 0 Å². The average Bonchev–Trinajstić information content (AvgIpc) is 3.24. The number of nitrogens with zero attached hydrogens (tertiary/aromatic N) is 7. The van der Waals surface area contributed by atoms with Crippen LogP contribution >= 0.6 is 0 Å². The van der Waals surface area contributed by atoms with Crippen LogP contribution in [0.1, 0.15) is 17.0 Å². The Bertz CT molecular complexity index is 1510. The highest BCUT2D eigenvalue weighted by Crippen LogP contribution is 2.34. The molecule has 39 heavy (non-hydrogen) atoms. The van der Waals surface area contributed by atoms with Gasteiger partial charge in [-0.3, -0.25) is 14.9 Å². The van der Waals surface area contributed by atoms with E-state index in [0.29, 0.717) is 30.3 Å². The molecule has 4 aromatic rings. The Morgan fingerprint density at radius 2 is 1.77 bits per heavy atom. The van der Waals surface area contributed by atoms with Gasteiger partial charge in [-0.25, -0.2) is 19.7 Å². The molecule has 0 radical (unpaired) electrons. The van der Waals surface area contributed by atoms with Crippen LogP contribution in [0.5, 0.6) is 0 Å². The largest absolute Gasteiger partial charge is 0.416 e. The summed E-state index contributed by atoms with van der Waals surface area (Å²) >= 11 is 0. The number of pyridine rings is 1. The van der Waals surface area contributed by atoms with E-state index in [4.69, 9.17) is 0 Å². The minimum atomic E-state index is -4.55. The zero-order valence-corrected chi connectivity index (χ0v) is 21.7. The molecule has 1 fully saturated rings. The van der Waals surface area contributed by atoms with Gasteiger partial charge in [0.15, 0.2) is 11.5 Å². The predicted octanol–water partition coefficient (Wildman–Crippen LogP) is 4.14. The van der Waals surface area contributed by atoms with E-state index in [0.717, 1.165) is 30.1 Å². The summed E-state index contributed by atoms with van der Waals surface area (Å²) in [6.07, 6.45) is -1.22. The van der Waals surface area contributed by atoms with E-state index in [1.54, 1.807) is 37.1 Å². The number of carbonyl (C=O) groups excluding carboxylic acids is 1. The second-order valence-electron chi connectivity index (χ2n) is 9.62. The minimum absolute atomic E-state index is 0.0344. The van der Waals surface area contributed by atoms with Crippen molar-refractivity contribution >= 4 is 28.6 Å². The van der Waals surface area contributed by atoms with Gasteiger partial charge in [0.05, 0.1) is 11.3 Å². The third-order valence-electron chi connectivity index (χ3n) is 6.63. The van der Waals surface area contributed by atoms with E-state index in [1.807, 2.05) is 18.0 Å². The first-order valence-corrected chi connectivity index (χ1v) is 12.4. The first kappa shape index (κ1) is 26.5. The maximum atomic E-state index is 13.9. The Kier molecular flexibility index (Phi) is 7.19. The molecule has 0 atom stereocenters. The molecule has 0 spiro atoms. The Morgan fingerprint density at radius 3 is 2.51 bits per heavy atom. The lowest BCUT2D eigenvalue weighted by molar-refractivity contribution is -0.138. The van der Waals surface area contributed by atoms with E-state index < -0.39 is 17.8 Å². The number of nitrogens with one attached hydrogen (secondary N) is 2. The number of anilines is 2. The molecule has 0 bridgehead atoms. The Balaban J connectivity index is 1.29. The van der Waals surface area contributed by atoms with Crippen LogP contribution in [-0.2, 0) is 19.8 Å². The lowest BCUT2D eigenvalue weighted by atomic mass is 10.0. The number of amides is 2. The predicted molar refractivity (Wildman–Crippen MR) is 141 cm³/mol. The van der Waals surface area contributed by atoms with Crippen LogP contribution in [0.2, 0.25) is 0 Å². The van der Waals surface area contributed by atoms with Crippen molar-refractivity contribution in [1.82, 2.24) is 34.5 Å². The fourth-order valence-corrected chi connectivity index (χ4v) is 4.53. The normalized spacial score (nSPS) is 15.0. The van der Waals surface area contributed by atoms with Gasteiger partial charge in [0.2, 0.25) is 0 Å². The number of carbonyl (C=O) groups is 1. The number of urea groups is 1. The minimum Gasteiger partial charge on any atom is -0.308 e. The second kappa shape index (κ2) is 10.6. The number of aryl methyl sites for hydroxylation is 2. The average molecular weight is 540 g/mol. The Morgan fingerprint density at radius 1 is 1.00 bits per heavy atom. The highest BCUT2D eigenvalue weighted by atomic mass is 19.4. The maximum Gasteiger partial charge on any atom is 0.416 e. The molecule has 0 unspecified atom stereocenters. The van der Waals surface area contributed by atoms with E-state index in [-0.39, 0.29) is 23.6 Å². The van der Waals surface area contributed by atoms with Crippen LogP contribution in [0.25, 0.3) is 22.3 Å². The number of piperazine rings is 1. The number of hydrogen-bond acceptors (Lipinski definition) is 7. The molecule has 10 nitrogen and oxygen atoms in total. The van der Waals surface area contributed by atoms with Crippen LogP contribution < -0.4 is 10.6 Å². The third kappa shape index (κ3) is 6.15. The van der Waals surface area contributed by atoms with Gasteiger partial charge < -0.3 is 10.2 Å². The van der Waals surface area contributed by atoms with Crippen molar-refractivity contribution in [2.45, 2.75) is 19.6 Å². The van der Waals surface area contributed by atoms with Crippen molar-refractivity contribution in [3.05, 3.63) is 59.7 Å². The molecule has 204 valence electrons. The van der Waals surface area contributed by atoms with E-state index in [2.05, 4.69) is 35.6 Å². The molecule has 5 rings (SSSR count). The molecule has 1 aliphatic heterocycles. The zero-order valence-electron chi connectivity index (χ0n) is 21.7. The van der Waals surface area contributed by atoms with Gasteiger partial charge in [-0.1, -0.05) is 6.07 Å². The number of rotatable bonds is 5. The first-order chi connectivity index (χ1) is 18.5. The molecular weight excluding hydrogens is 511 g/mol. The zero-order chi connectivity index (χ0) is 27.7. The van der Waals surface area contributed by atoms with Crippen molar-refractivity contribution in [1.29, 1.82) is 0 Å². The number of aromatic nitrogens is 5. The van der Waals surface area contributed by atoms with Crippen LogP contribution in [0.3, 0.4) is 0 Å². The molecule has 0 aliphatic carbocycles. The number of alkyl halides is 3. The summed E-state index contributed by atoms with van der Waals surface area (Å²) < 4.78 is 43.2. The van der Waals surface area contributed by atoms with Gasteiger partial charge in [-0.2, -0.15) is 18.3 Å². The summed E-state index contributed by atoms with van der Waals surface area (Å²) in [5.41, 5.74) is 1.43. The topological polar surface area (TPSA) is 104 Å². The fraction of sp³-hybridized carbons (Fsp3) is 0.346. The van der Waals surface area contributed by atoms with Crippen molar-refractivity contribution in [2.75, 3.05) is 43.9 Å². The number of halogens is 3. The van der Waals surface area contributed by atoms with Gasteiger partial charge in [0, 0.05) is 74.9 Å². The standard InChI is InChI=1S/C26H28F3N9O/c1-16-30-14-19-10-18(13-31-24(19)32-16)22-12-23(35-37(22)3)34-25(39)33-20-5-4-17(21(11-20)26(27,28)29)15-38-8-6-36(2)7-9-38/h4-5,10-14H,6-9,15H2,1-3H3,(H2,33,34,35,39). The number of hydrogen-bond donors (Lipinski definition) is 2. The molecule has 2 N–H and O–H groups in total. The molecule has 1 aromatic carbocycles. The summed E-state index contributed by atoms with van der Waals surface area (Å²) in [6, 6.07) is 6.68. The molecule has 2 amide bonds. The molecule has 1 aliphatic rings. The summed E-state index contributed by atoms with van der Waals surface area (Å²) in [5.74, 6) is 0.848. The van der Waals surface area contributed by atoms with Crippen LogP contribution in [-0.4, -0.2) is 73.8 Å². The lowest BCUT2D eigenvalue weighted by Crippen LogP contribution is -2.44. The number of fused-ring (bicyclic) bond motifs is 1. The highest BCUT2D eigenvalue weighted by molar-refractivity contribution is 5.99. The van der Waals surface area contributed by atoms with Crippen molar-refractivity contribution in [2.24, 2.45) is 7.05 Å². The summed E-state index contributed by atoms with van der Waals surface area (Å²) in [4.78, 5) is 29.6. The van der Waals surface area contributed by atoms with Crippen molar-refractivity contribution < 1.29 is 18.0 Å². The molecule has 3 aromatic heterocycles. The first-order valence-electron chi connectivity index (χ1n) is 12.4. The van der Waals surface area contributed by atoms with Gasteiger partial charge in [0.25, 0.3) is 0 Å². The van der Waals surface area contributed by atoms with Crippen LogP contribution in [0, 0.1) is 6.92 Å². The molecule has 13 heteroatoms. The third-order valence-corrected chi connectivity index (χ3v) is 6.63. The monoisotopic (exact) mass is 539 g/mol. The molecule has 1 saturated heterocycles. The summed E-state index contributed by atoms with van der Waals surface area (Å²) in [7, 11) is 3.70. The smallest absolute Gasteiger partial charge is 0.308 e. The van der Waals surface area contributed by atoms with Crippen LogP contribution in [0.15, 0.2) is 42.7 Å². The summed E-state index contributed by atoms with van der Waals surface area (Å²) in [5, 5.41) is 10.1. The van der Waals surface area contributed by atoms with E-state index in [9.17, 15) is 18.0 Å². The fourth-order valence-electron chi connectivity index (χ4n) is 4.53. The number of benzene rings is 1. The Labute approximate surface area is 222 Å². The van der Waals surface area contributed by atoms with Gasteiger partial charge in [-0.15, -0.1) is 0 Å². The quantitative estimate of drug-likeness (QED) is 0.393. The van der Waals surface area contributed by atoms with E-state index in [1.165, 1.54) is 12.1 Å². The molecule has 4 heterocycles. The lowest BCUT2D eigenvalue weighted by Gasteiger charge is -2.33. The maximum absolute atomic E-state index is 13.9. The molecule has 0 saturated carbocycles. The van der Waals surface area contributed by atoms with Gasteiger partial charge in [-0.05, 0) is 37.7 Å². The highest BCUT2D eigenvalue weighted by Gasteiger charge is 2.34. The SMILES string of the molecule is Cc1ncc2cc(-c3cc(NC(=O)Nc4ccc(CN5CCN(C)CC5)c(C(F)(F)F)c4)nn3C)cnc2n1. The number of likely N-dealkylation sites (N-methyl/N-ethyl adjacent to an activating group) is 1. The summed E-state index contributed by atoms with van der Waals surface area (Å²) in [6.45, 7) is 4.99. The molecular formula is C26H28F3N9O. The van der Waals surface area contributed by atoms with Crippen molar-refractivity contribution in [3.8, 4) is 11.3 Å². The van der Waals surface area contributed by atoms with Gasteiger partial charge in [0.1, 0.15) is 5.82 Å². The Hall–Kier alpha value is -4.10. The second-order valence-corrected chi connectivity index (χ2v) is 9.62. The van der Waals surface area contributed by atoms with Crippen molar-refractivity contribution in [3.63, 3.8) is 0 Å². The van der Waals surface area contributed by atoms with Gasteiger partial charge >= 0.3 is 12.2 Å². The van der Waals surface area contributed by atoms with Crippen LogP contribution in [0.4, 0.5) is 29.5 Å².